The molecule has 2 rings (SSSR count). The zero-order valence-corrected chi connectivity index (χ0v) is 12.5. The second-order valence-electron chi connectivity index (χ2n) is 6.72. The summed E-state index contributed by atoms with van der Waals surface area (Å²) in [5.74, 6) is 0.211. The number of nitrogens with two attached hydrogens (primary N) is 1. The summed E-state index contributed by atoms with van der Waals surface area (Å²) < 4.78 is 0. The highest BCUT2D eigenvalue weighted by Gasteiger charge is 2.33. The lowest BCUT2D eigenvalue weighted by molar-refractivity contribution is -0.127. The fourth-order valence-electron chi connectivity index (χ4n) is 3.21. The Kier molecular flexibility index (Phi) is 4.85. The van der Waals surface area contributed by atoms with E-state index in [4.69, 9.17) is 5.73 Å². The van der Waals surface area contributed by atoms with Crippen molar-refractivity contribution < 1.29 is 4.79 Å². The normalized spacial score (nSPS) is 26.3. The first kappa shape index (κ1) is 14.8. The van der Waals surface area contributed by atoms with Crippen LogP contribution in [0.4, 0.5) is 0 Å². The minimum Gasteiger partial charge on any atom is -0.352 e. The molecule has 0 aromatic rings. The van der Waals surface area contributed by atoms with E-state index in [1.807, 2.05) is 6.92 Å². The molecule has 19 heavy (non-hydrogen) atoms. The number of nitrogens with one attached hydrogen (secondary N) is 1. The van der Waals surface area contributed by atoms with Crippen molar-refractivity contribution in [2.75, 3.05) is 19.6 Å². The molecule has 1 aliphatic carbocycles. The van der Waals surface area contributed by atoms with Crippen molar-refractivity contribution in [3.63, 3.8) is 0 Å². The molecule has 1 unspecified atom stereocenters. The van der Waals surface area contributed by atoms with Crippen molar-refractivity contribution >= 4 is 5.91 Å². The molecule has 0 radical (unpaired) electrons. The van der Waals surface area contributed by atoms with Crippen molar-refractivity contribution in [1.29, 1.82) is 0 Å². The van der Waals surface area contributed by atoms with E-state index in [-0.39, 0.29) is 17.4 Å². The molecule has 0 aromatic heterocycles. The Hall–Kier alpha value is -0.610. The summed E-state index contributed by atoms with van der Waals surface area (Å²) in [7, 11) is 0. The van der Waals surface area contributed by atoms with E-state index >= 15 is 0 Å². The molecule has 4 nitrogen and oxygen atoms in total. The lowest BCUT2D eigenvalue weighted by atomic mass is 9.80. The Labute approximate surface area is 117 Å². The molecule has 0 aromatic carbocycles. The fraction of sp³-hybridized carbons (Fsp3) is 0.933. The van der Waals surface area contributed by atoms with E-state index in [2.05, 4.69) is 17.1 Å². The van der Waals surface area contributed by atoms with Crippen LogP contribution in [-0.2, 0) is 4.79 Å². The number of carbonyl (C=O) groups excluding carboxylic acids is 1. The number of nitrogens with zero attached hydrogens (tertiary/aromatic N) is 1. The van der Waals surface area contributed by atoms with Gasteiger partial charge in [-0.05, 0) is 57.7 Å². The van der Waals surface area contributed by atoms with Crippen molar-refractivity contribution in [2.24, 2.45) is 11.1 Å². The summed E-state index contributed by atoms with van der Waals surface area (Å²) in [5.41, 5.74) is 6.11. The molecular weight excluding hydrogens is 238 g/mol. The number of carbonyl (C=O) groups is 1. The molecule has 4 heteroatoms. The predicted octanol–water partition coefficient (Wildman–Crippen LogP) is 1.49. The quantitative estimate of drug-likeness (QED) is 0.811. The molecule has 2 aliphatic rings. The highest BCUT2D eigenvalue weighted by atomic mass is 16.2. The zero-order chi connectivity index (χ0) is 13.9. The van der Waals surface area contributed by atoms with E-state index < -0.39 is 0 Å². The van der Waals surface area contributed by atoms with Crippen LogP contribution in [0.15, 0.2) is 0 Å². The molecule has 3 N–H and O–H groups in total. The van der Waals surface area contributed by atoms with Crippen LogP contribution in [0.3, 0.4) is 0 Å². The van der Waals surface area contributed by atoms with Gasteiger partial charge in [0.05, 0.1) is 6.04 Å². The number of likely N-dealkylation sites (tertiary alicyclic amines) is 1. The smallest absolute Gasteiger partial charge is 0.237 e. The van der Waals surface area contributed by atoms with E-state index in [1.165, 1.54) is 12.8 Å². The van der Waals surface area contributed by atoms with Crippen LogP contribution < -0.4 is 11.1 Å². The highest BCUT2D eigenvalue weighted by molar-refractivity contribution is 5.81. The summed E-state index contributed by atoms with van der Waals surface area (Å²) in [4.78, 5) is 14.6. The Morgan fingerprint density at radius 3 is 2.47 bits per heavy atom. The molecular formula is C15H29N3O. The molecule has 1 saturated heterocycles. The maximum absolute atomic E-state index is 12.3. The molecule has 2 fully saturated rings. The number of hydrogen-bond donors (Lipinski definition) is 2. The predicted molar refractivity (Wildman–Crippen MR) is 77.8 cm³/mol. The summed E-state index contributed by atoms with van der Waals surface area (Å²) in [6.07, 6.45) is 7.04. The van der Waals surface area contributed by atoms with Crippen LogP contribution in [0.5, 0.6) is 0 Å². The van der Waals surface area contributed by atoms with Crippen molar-refractivity contribution in [3.8, 4) is 0 Å². The standard InChI is InChI=1S/C15H29N3O/c1-12(14(19)17-13-5-3-4-6-13)18-9-7-15(2,11-16)8-10-18/h12-13H,3-11,16H2,1-2H3,(H,17,19). The Morgan fingerprint density at radius 2 is 1.95 bits per heavy atom. The molecule has 1 aliphatic heterocycles. The summed E-state index contributed by atoms with van der Waals surface area (Å²) >= 11 is 0. The van der Waals surface area contributed by atoms with Crippen LogP contribution >= 0.6 is 0 Å². The maximum Gasteiger partial charge on any atom is 0.237 e. The zero-order valence-electron chi connectivity index (χ0n) is 12.5. The lowest BCUT2D eigenvalue weighted by Gasteiger charge is -2.41. The Balaban J connectivity index is 1.79. The monoisotopic (exact) mass is 267 g/mol. The van der Waals surface area contributed by atoms with Crippen LogP contribution in [0.1, 0.15) is 52.4 Å². The third kappa shape index (κ3) is 3.69. The maximum atomic E-state index is 12.3. The van der Waals surface area contributed by atoms with Gasteiger partial charge in [-0.1, -0.05) is 19.8 Å². The SMILES string of the molecule is CC(C(=O)NC1CCCC1)N1CCC(C)(CN)CC1. The third-order valence-corrected chi connectivity index (χ3v) is 5.13. The molecule has 0 spiro atoms. The first-order chi connectivity index (χ1) is 9.04. The summed E-state index contributed by atoms with van der Waals surface area (Å²) in [6.45, 7) is 7.03. The number of piperidine rings is 1. The van der Waals surface area contributed by atoms with E-state index in [9.17, 15) is 4.79 Å². The number of hydrogen-bond acceptors (Lipinski definition) is 3. The first-order valence-electron chi connectivity index (χ1n) is 7.78. The van der Waals surface area contributed by atoms with Crippen LogP contribution in [0.2, 0.25) is 0 Å². The molecule has 1 amide bonds. The molecule has 1 heterocycles. The van der Waals surface area contributed by atoms with Gasteiger partial charge in [0.25, 0.3) is 0 Å². The average molecular weight is 267 g/mol. The van der Waals surface area contributed by atoms with Gasteiger partial charge in [-0.2, -0.15) is 0 Å². The van der Waals surface area contributed by atoms with Gasteiger partial charge >= 0.3 is 0 Å². The van der Waals surface area contributed by atoms with Gasteiger partial charge in [0.2, 0.25) is 5.91 Å². The van der Waals surface area contributed by atoms with Crippen LogP contribution in [0, 0.1) is 5.41 Å². The minimum atomic E-state index is 0.00271. The van der Waals surface area contributed by atoms with E-state index in [0.29, 0.717) is 6.04 Å². The van der Waals surface area contributed by atoms with Gasteiger partial charge in [-0.15, -0.1) is 0 Å². The Morgan fingerprint density at radius 1 is 1.37 bits per heavy atom. The van der Waals surface area contributed by atoms with E-state index in [0.717, 1.165) is 45.3 Å². The van der Waals surface area contributed by atoms with Crippen LogP contribution in [0.25, 0.3) is 0 Å². The molecule has 1 saturated carbocycles. The lowest BCUT2D eigenvalue weighted by Crippen LogP contribution is -2.52. The van der Waals surface area contributed by atoms with Gasteiger partial charge < -0.3 is 11.1 Å². The second kappa shape index (κ2) is 6.23. The second-order valence-corrected chi connectivity index (χ2v) is 6.72. The largest absolute Gasteiger partial charge is 0.352 e. The Bertz CT molecular complexity index is 305. The summed E-state index contributed by atoms with van der Waals surface area (Å²) in [5, 5.41) is 3.21. The average Bonchev–Trinajstić information content (AvgIpc) is 2.91. The van der Waals surface area contributed by atoms with E-state index in [1.54, 1.807) is 0 Å². The first-order valence-corrected chi connectivity index (χ1v) is 7.78. The fourth-order valence-corrected chi connectivity index (χ4v) is 3.21. The summed E-state index contributed by atoms with van der Waals surface area (Å²) in [6, 6.07) is 0.428. The van der Waals surface area contributed by atoms with Gasteiger partial charge in [-0.25, -0.2) is 0 Å². The van der Waals surface area contributed by atoms with Gasteiger partial charge in [0, 0.05) is 6.04 Å². The number of amides is 1. The molecule has 1 atom stereocenters. The van der Waals surface area contributed by atoms with Gasteiger partial charge in [-0.3, -0.25) is 9.69 Å². The topological polar surface area (TPSA) is 58.4 Å². The van der Waals surface area contributed by atoms with Crippen molar-refractivity contribution in [1.82, 2.24) is 10.2 Å². The van der Waals surface area contributed by atoms with Crippen molar-refractivity contribution in [2.45, 2.75) is 64.5 Å². The van der Waals surface area contributed by atoms with Crippen LogP contribution in [-0.4, -0.2) is 42.5 Å². The number of rotatable bonds is 4. The third-order valence-electron chi connectivity index (χ3n) is 5.13. The molecule has 0 bridgehead atoms. The minimum absolute atomic E-state index is 0.00271. The van der Waals surface area contributed by atoms with Gasteiger partial charge in [0.1, 0.15) is 0 Å². The molecule has 110 valence electrons. The van der Waals surface area contributed by atoms with Gasteiger partial charge in [0.15, 0.2) is 0 Å². The highest BCUT2D eigenvalue weighted by Crippen LogP contribution is 2.30. The van der Waals surface area contributed by atoms with Crippen molar-refractivity contribution in [3.05, 3.63) is 0 Å².